The van der Waals surface area contributed by atoms with Crippen LogP contribution >= 0.6 is 0 Å². The van der Waals surface area contributed by atoms with Gasteiger partial charge >= 0.3 is 0 Å². The van der Waals surface area contributed by atoms with Crippen molar-refractivity contribution in [1.82, 2.24) is 5.32 Å². The lowest BCUT2D eigenvalue weighted by Gasteiger charge is -2.18. The third-order valence-electron chi connectivity index (χ3n) is 4.11. The molecule has 1 aliphatic carbocycles. The maximum absolute atomic E-state index is 12.1. The van der Waals surface area contributed by atoms with Gasteiger partial charge in [0.1, 0.15) is 0 Å². The molecule has 0 unspecified atom stereocenters. The summed E-state index contributed by atoms with van der Waals surface area (Å²) in [6, 6.07) is 5.93. The number of nitrogens with one attached hydrogen (secondary N) is 2. The predicted octanol–water partition coefficient (Wildman–Crippen LogP) is 2.59. The quantitative estimate of drug-likeness (QED) is 0.758. The first-order chi connectivity index (χ1) is 10.3. The number of benzene rings is 1. The van der Waals surface area contributed by atoms with Crippen LogP contribution in [-0.4, -0.2) is 32.2 Å². The Morgan fingerprint density at radius 3 is 3.14 bits per heavy atom. The van der Waals surface area contributed by atoms with Gasteiger partial charge in [-0.05, 0) is 61.8 Å². The summed E-state index contributed by atoms with van der Waals surface area (Å²) in [6.45, 7) is 3.34. The molecule has 1 saturated carbocycles. The zero-order valence-corrected chi connectivity index (χ0v) is 12.5. The molecular formula is C17H24N2O2. The third-order valence-corrected chi connectivity index (χ3v) is 4.11. The van der Waals surface area contributed by atoms with E-state index in [1.807, 2.05) is 18.2 Å². The van der Waals surface area contributed by atoms with Crippen molar-refractivity contribution in [3.05, 3.63) is 29.3 Å². The summed E-state index contributed by atoms with van der Waals surface area (Å²) in [5.41, 5.74) is 3.18. The average molecular weight is 288 g/mol. The van der Waals surface area contributed by atoms with Crippen molar-refractivity contribution in [2.75, 3.05) is 31.6 Å². The highest BCUT2D eigenvalue weighted by Gasteiger charge is 2.20. The Bertz CT molecular complexity index is 498. The highest BCUT2D eigenvalue weighted by Crippen LogP contribution is 2.28. The van der Waals surface area contributed by atoms with Gasteiger partial charge in [-0.1, -0.05) is 0 Å². The molecule has 1 heterocycles. The van der Waals surface area contributed by atoms with Crippen molar-refractivity contribution < 1.29 is 9.53 Å². The van der Waals surface area contributed by atoms with Crippen LogP contribution in [0.15, 0.2) is 18.2 Å². The number of hydrogen-bond donors (Lipinski definition) is 2. The van der Waals surface area contributed by atoms with Gasteiger partial charge in [-0.15, -0.1) is 0 Å². The summed E-state index contributed by atoms with van der Waals surface area (Å²) in [7, 11) is 0. The highest BCUT2D eigenvalue weighted by molar-refractivity contribution is 5.94. The number of anilines is 1. The van der Waals surface area contributed by atoms with Crippen molar-refractivity contribution in [2.45, 2.75) is 32.1 Å². The lowest BCUT2D eigenvalue weighted by molar-refractivity contribution is 0.0937. The molecule has 0 saturated heterocycles. The van der Waals surface area contributed by atoms with Gasteiger partial charge in [0.2, 0.25) is 0 Å². The van der Waals surface area contributed by atoms with Crippen molar-refractivity contribution in [3.8, 4) is 0 Å². The number of amides is 1. The van der Waals surface area contributed by atoms with Crippen LogP contribution in [-0.2, 0) is 11.2 Å². The van der Waals surface area contributed by atoms with E-state index >= 15 is 0 Å². The minimum Gasteiger partial charge on any atom is -0.385 e. The van der Waals surface area contributed by atoms with E-state index in [1.54, 1.807) is 0 Å². The topological polar surface area (TPSA) is 50.4 Å². The van der Waals surface area contributed by atoms with Gasteiger partial charge in [0.05, 0.1) is 0 Å². The fourth-order valence-corrected chi connectivity index (χ4v) is 2.63. The minimum atomic E-state index is 0.0190. The van der Waals surface area contributed by atoms with Gasteiger partial charge in [-0.25, -0.2) is 0 Å². The summed E-state index contributed by atoms with van der Waals surface area (Å²) in [6.07, 6.45) is 5.72. The molecule has 0 bridgehead atoms. The van der Waals surface area contributed by atoms with Crippen LogP contribution in [0, 0.1) is 5.92 Å². The molecule has 3 rings (SSSR count). The lowest BCUT2D eigenvalue weighted by Crippen LogP contribution is -2.25. The number of carbonyl (C=O) groups excluding carboxylic acids is 1. The summed E-state index contributed by atoms with van der Waals surface area (Å²) in [5.74, 6) is 0.828. The van der Waals surface area contributed by atoms with Crippen LogP contribution in [0.4, 0.5) is 5.69 Å². The molecule has 1 aliphatic heterocycles. The summed E-state index contributed by atoms with van der Waals surface area (Å²) in [5, 5.41) is 6.33. The second-order valence-corrected chi connectivity index (χ2v) is 6.03. The number of hydrogen-bond acceptors (Lipinski definition) is 3. The van der Waals surface area contributed by atoms with Crippen molar-refractivity contribution in [1.29, 1.82) is 0 Å². The number of carbonyl (C=O) groups is 1. The van der Waals surface area contributed by atoms with Crippen molar-refractivity contribution >= 4 is 11.6 Å². The first-order valence-electron chi connectivity index (χ1n) is 8.05. The molecule has 0 radical (unpaired) electrons. The van der Waals surface area contributed by atoms with Crippen LogP contribution in [0.3, 0.4) is 0 Å². The van der Waals surface area contributed by atoms with E-state index in [0.717, 1.165) is 50.5 Å². The molecular weight excluding hydrogens is 264 g/mol. The Morgan fingerprint density at radius 2 is 2.29 bits per heavy atom. The van der Waals surface area contributed by atoms with Gasteiger partial charge in [0, 0.05) is 37.6 Å². The van der Waals surface area contributed by atoms with Crippen LogP contribution in [0.2, 0.25) is 0 Å². The van der Waals surface area contributed by atoms with Gasteiger partial charge < -0.3 is 15.4 Å². The zero-order valence-electron chi connectivity index (χ0n) is 12.5. The zero-order chi connectivity index (χ0) is 14.5. The maximum Gasteiger partial charge on any atom is 0.251 e. The molecule has 2 aliphatic rings. The van der Waals surface area contributed by atoms with Crippen molar-refractivity contribution in [2.24, 2.45) is 5.92 Å². The molecule has 0 atom stereocenters. The Hall–Kier alpha value is -1.55. The van der Waals surface area contributed by atoms with Crippen LogP contribution < -0.4 is 10.6 Å². The van der Waals surface area contributed by atoms with Crippen LogP contribution in [0.1, 0.15) is 41.6 Å². The van der Waals surface area contributed by atoms with E-state index in [4.69, 9.17) is 4.74 Å². The standard InChI is InChI=1S/C17H24N2O2/c20-17(19-9-2-10-21-12-13-4-5-13)15-6-7-16-14(11-15)3-1-8-18-16/h6-7,11,13,18H,1-5,8-10,12H2,(H,19,20). The summed E-state index contributed by atoms with van der Waals surface area (Å²) in [4.78, 5) is 12.1. The number of aryl methyl sites for hydroxylation is 1. The Balaban J connectivity index is 1.40. The number of rotatable bonds is 7. The highest BCUT2D eigenvalue weighted by atomic mass is 16.5. The van der Waals surface area contributed by atoms with E-state index in [0.29, 0.717) is 6.54 Å². The Labute approximate surface area is 126 Å². The molecule has 2 N–H and O–H groups in total. The Kier molecular flexibility index (Phi) is 4.76. The fourth-order valence-electron chi connectivity index (χ4n) is 2.63. The van der Waals surface area contributed by atoms with E-state index in [-0.39, 0.29) is 5.91 Å². The second-order valence-electron chi connectivity index (χ2n) is 6.03. The molecule has 114 valence electrons. The van der Waals surface area contributed by atoms with Gasteiger partial charge in [0.25, 0.3) is 5.91 Å². The second kappa shape index (κ2) is 6.94. The monoisotopic (exact) mass is 288 g/mol. The molecule has 21 heavy (non-hydrogen) atoms. The minimum absolute atomic E-state index is 0.0190. The molecule has 0 spiro atoms. The summed E-state index contributed by atoms with van der Waals surface area (Å²) < 4.78 is 5.56. The number of fused-ring (bicyclic) bond motifs is 1. The fraction of sp³-hybridized carbons (Fsp3) is 0.588. The molecule has 4 nitrogen and oxygen atoms in total. The van der Waals surface area contributed by atoms with Crippen molar-refractivity contribution in [3.63, 3.8) is 0 Å². The number of ether oxygens (including phenoxy) is 1. The lowest BCUT2D eigenvalue weighted by atomic mass is 10.0. The van der Waals surface area contributed by atoms with Crippen LogP contribution in [0.25, 0.3) is 0 Å². The van der Waals surface area contributed by atoms with Crippen LogP contribution in [0.5, 0.6) is 0 Å². The molecule has 1 amide bonds. The first-order valence-corrected chi connectivity index (χ1v) is 8.05. The third kappa shape index (κ3) is 4.21. The van der Waals surface area contributed by atoms with E-state index < -0.39 is 0 Å². The normalized spacial score (nSPS) is 17.0. The molecule has 1 aromatic rings. The average Bonchev–Trinajstić information content (AvgIpc) is 3.34. The Morgan fingerprint density at radius 1 is 1.38 bits per heavy atom. The smallest absolute Gasteiger partial charge is 0.251 e. The SMILES string of the molecule is O=C(NCCCOCC1CC1)c1ccc2c(c1)CCCN2. The predicted molar refractivity (Wildman–Crippen MR) is 83.7 cm³/mol. The maximum atomic E-state index is 12.1. The van der Waals surface area contributed by atoms with E-state index in [2.05, 4.69) is 10.6 Å². The van der Waals surface area contributed by atoms with Gasteiger partial charge in [-0.2, -0.15) is 0 Å². The first kappa shape index (κ1) is 14.4. The summed E-state index contributed by atoms with van der Waals surface area (Å²) >= 11 is 0. The van der Waals surface area contributed by atoms with Gasteiger partial charge in [-0.3, -0.25) is 4.79 Å². The molecule has 1 aromatic carbocycles. The van der Waals surface area contributed by atoms with Gasteiger partial charge in [0.15, 0.2) is 0 Å². The molecule has 0 aromatic heterocycles. The molecule has 4 heteroatoms. The van der Waals surface area contributed by atoms with E-state index in [1.165, 1.54) is 24.1 Å². The van der Waals surface area contributed by atoms with E-state index in [9.17, 15) is 4.79 Å². The molecule has 1 fully saturated rings. The largest absolute Gasteiger partial charge is 0.385 e.